The lowest BCUT2D eigenvalue weighted by Gasteiger charge is -2.13. The van der Waals surface area contributed by atoms with Gasteiger partial charge in [-0.1, -0.05) is 24.3 Å². The maximum atomic E-state index is 12.3. The van der Waals surface area contributed by atoms with Crippen LogP contribution in [-0.4, -0.2) is 25.4 Å². The van der Waals surface area contributed by atoms with Crippen LogP contribution in [0.15, 0.2) is 47.2 Å². The Kier molecular flexibility index (Phi) is 2.98. The summed E-state index contributed by atoms with van der Waals surface area (Å²) in [6, 6.07) is 6.20. The molecule has 1 fully saturated rings. The minimum absolute atomic E-state index is 0.0275. The quantitative estimate of drug-likeness (QED) is 0.765. The van der Waals surface area contributed by atoms with Gasteiger partial charge in [0.2, 0.25) is 0 Å². The smallest absolute Gasteiger partial charge is 0.429 e. The molecule has 0 N–H and O–H groups in total. The summed E-state index contributed by atoms with van der Waals surface area (Å²) < 4.78 is 29.8. The average Bonchev–Trinajstić information content (AvgIpc) is 2.71. The molecule has 1 heterocycles. The van der Waals surface area contributed by atoms with Crippen LogP contribution in [-0.2, 0) is 14.8 Å². The van der Waals surface area contributed by atoms with Gasteiger partial charge in [0.1, 0.15) is 12.3 Å². The number of carbonyl (C=O) groups excluding carboxylic acids is 1. The average molecular weight is 265 g/mol. The van der Waals surface area contributed by atoms with Crippen molar-refractivity contribution in [3.63, 3.8) is 0 Å². The maximum absolute atomic E-state index is 12.3. The normalized spacial score (nSPS) is 15.5. The summed E-state index contributed by atoms with van der Waals surface area (Å²) in [5, 5.41) is 0. The van der Waals surface area contributed by atoms with Crippen molar-refractivity contribution >= 4 is 16.1 Å². The van der Waals surface area contributed by atoms with E-state index in [4.69, 9.17) is 0 Å². The molecule has 0 bridgehead atoms. The van der Waals surface area contributed by atoms with Crippen LogP contribution in [0.2, 0.25) is 0 Å². The second-order valence-electron chi connectivity index (χ2n) is 3.76. The maximum Gasteiger partial charge on any atom is 0.429 e. The first kappa shape index (κ1) is 12.4. The highest BCUT2D eigenvalue weighted by molar-refractivity contribution is 7.89. The summed E-state index contributed by atoms with van der Waals surface area (Å²) in [5.74, 6) is 0. The third-order valence-electron chi connectivity index (χ3n) is 2.51. The number of aryl methyl sites for hydroxylation is 1. The van der Waals surface area contributed by atoms with Gasteiger partial charge in [-0.25, -0.2) is 13.2 Å². The second kappa shape index (κ2) is 4.33. The fourth-order valence-electron chi connectivity index (χ4n) is 1.54. The largest absolute Gasteiger partial charge is 0.441 e. The Morgan fingerprint density at radius 3 is 2.50 bits per heavy atom. The van der Waals surface area contributed by atoms with Crippen LogP contribution >= 0.6 is 0 Å². The summed E-state index contributed by atoms with van der Waals surface area (Å²) in [7, 11) is -3.95. The Hall–Kier alpha value is -2.04. The molecule has 0 aliphatic carbocycles. The van der Waals surface area contributed by atoms with Gasteiger partial charge in [-0.05, 0) is 19.1 Å². The number of rotatable bonds is 2. The van der Waals surface area contributed by atoms with Crippen molar-refractivity contribution in [2.75, 3.05) is 6.61 Å². The van der Waals surface area contributed by atoms with E-state index in [1.807, 2.05) is 6.92 Å². The summed E-state index contributed by atoms with van der Waals surface area (Å²) >= 11 is 0. The molecular weight excluding hydrogens is 254 g/mol. The van der Waals surface area contributed by atoms with Crippen LogP contribution in [0.1, 0.15) is 5.56 Å². The van der Waals surface area contributed by atoms with Crippen molar-refractivity contribution in [2.45, 2.75) is 11.8 Å². The van der Waals surface area contributed by atoms with E-state index in [1.54, 1.807) is 12.1 Å². The van der Waals surface area contributed by atoms with Gasteiger partial charge in [-0.3, -0.25) is 0 Å². The predicted molar refractivity (Wildman–Crippen MR) is 64.2 cm³/mol. The zero-order valence-electron chi connectivity index (χ0n) is 9.71. The highest BCUT2D eigenvalue weighted by Gasteiger charge is 2.38. The molecule has 0 saturated carbocycles. The highest BCUT2D eigenvalue weighted by Crippen LogP contribution is 2.25. The molecule has 0 spiro atoms. The van der Waals surface area contributed by atoms with Crippen LogP contribution in [0.5, 0.6) is 0 Å². The summed E-state index contributed by atoms with van der Waals surface area (Å²) in [4.78, 5) is 11.5. The topological polar surface area (TPSA) is 63.7 Å². The van der Waals surface area contributed by atoms with Crippen molar-refractivity contribution < 1.29 is 17.9 Å². The Morgan fingerprint density at radius 1 is 1.33 bits per heavy atom. The molecule has 0 aromatic heterocycles. The molecule has 1 aliphatic rings. The van der Waals surface area contributed by atoms with Crippen molar-refractivity contribution in [3.8, 4) is 0 Å². The number of benzene rings is 1. The number of amides is 1. The van der Waals surface area contributed by atoms with Gasteiger partial charge in [0.25, 0.3) is 10.0 Å². The standard InChI is InChI=1S/C12H11NO4S/c1-3-10-8-17-12(14)13(10)18(15,16)11-6-4-9(2)5-7-11/h4-7H,1,8H2,2H3. The van der Waals surface area contributed by atoms with Gasteiger partial charge < -0.3 is 4.74 Å². The zero-order valence-corrected chi connectivity index (χ0v) is 10.5. The first-order valence-corrected chi connectivity index (χ1v) is 6.58. The first-order valence-electron chi connectivity index (χ1n) is 5.14. The van der Waals surface area contributed by atoms with E-state index in [2.05, 4.69) is 17.0 Å². The van der Waals surface area contributed by atoms with Gasteiger partial charge in [0, 0.05) is 0 Å². The molecule has 0 atom stereocenters. The summed E-state index contributed by atoms with van der Waals surface area (Å²) in [6.45, 7) is 5.06. The Balaban J connectivity index is 2.52. The number of nitrogens with zero attached hydrogens (tertiary/aromatic N) is 1. The lowest BCUT2D eigenvalue weighted by Crippen LogP contribution is -2.30. The monoisotopic (exact) mass is 265 g/mol. The number of hydrogen-bond acceptors (Lipinski definition) is 4. The minimum atomic E-state index is -3.95. The first-order chi connectivity index (χ1) is 8.46. The van der Waals surface area contributed by atoms with Crippen LogP contribution in [0.4, 0.5) is 4.79 Å². The van der Waals surface area contributed by atoms with Gasteiger partial charge in [0.15, 0.2) is 0 Å². The Bertz CT molecular complexity index is 639. The number of cyclic esters (lactones) is 1. The highest BCUT2D eigenvalue weighted by atomic mass is 32.2. The van der Waals surface area contributed by atoms with Gasteiger partial charge in [-0.15, -0.1) is 5.73 Å². The van der Waals surface area contributed by atoms with Crippen molar-refractivity contribution in [2.24, 2.45) is 0 Å². The van der Waals surface area contributed by atoms with Gasteiger partial charge >= 0.3 is 6.09 Å². The summed E-state index contributed by atoms with van der Waals surface area (Å²) in [6.07, 6.45) is -0.929. The molecule has 94 valence electrons. The van der Waals surface area contributed by atoms with E-state index in [9.17, 15) is 13.2 Å². The molecule has 0 unspecified atom stereocenters. The lowest BCUT2D eigenvalue weighted by atomic mass is 10.2. The lowest BCUT2D eigenvalue weighted by molar-refractivity contribution is 0.170. The number of hydrogen-bond donors (Lipinski definition) is 0. The molecule has 18 heavy (non-hydrogen) atoms. The van der Waals surface area contributed by atoms with E-state index < -0.39 is 16.1 Å². The molecule has 1 aliphatic heterocycles. The number of carbonyl (C=O) groups is 1. The van der Waals surface area contributed by atoms with E-state index in [-0.39, 0.29) is 17.2 Å². The van der Waals surface area contributed by atoms with Crippen molar-refractivity contribution in [1.29, 1.82) is 0 Å². The summed E-state index contributed by atoms with van der Waals surface area (Å²) in [5.41, 5.74) is 3.43. The minimum Gasteiger partial charge on any atom is -0.441 e. The molecular formula is C12H11NO4S. The van der Waals surface area contributed by atoms with E-state index in [0.717, 1.165) is 5.56 Å². The molecule has 1 amide bonds. The van der Waals surface area contributed by atoms with E-state index >= 15 is 0 Å². The third kappa shape index (κ3) is 1.92. The van der Waals surface area contributed by atoms with Crippen molar-refractivity contribution in [1.82, 2.24) is 4.31 Å². The number of ether oxygens (including phenoxy) is 1. The Labute approximate surface area is 105 Å². The Morgan fingerprint density at radius 2 is 1.94 bits per heavy atom. The molecule has 1 saturated heterocycles. The molecule has 6 heteroatoms. The van der Waals surface area contributed by atoms with Crippen LogP contribution in [0.25, 0.3) is 0 Å². The predicted octanol–water partition coefficient (Wildman–Crippen LogP) is 1.80. The zero-order chi connectivity index (χ0) is 13.3. The molecule has 1 aromatic carbocycles. The molecule has 5 nitrogen and oxygen atoms in total. The van der Waals surface area contributed by atoms with Crippen LogP contribution < -0.4 is 0 Å². The van der Waals surface area contributed by atoms with E-state index in [1.165, 1.54) is 12.1 Å². The fourth-order valence-corrected chi connectivity index (χ4v) is 2.89. The van der Waals surface area contributed by atoms with Gasteiger partial charge in [0.05, 0.1) is 4.90 Å². The van der Waals surface area contributed by atoms with Crippen LogP contribution in [0, 0.1) is 6.92 Å². The second-order valence-corrected chi connectivity index (χ2v) is 5.55. The fraction of sp³-hybridized carbons (Fsp3) is 0.167. The van der Waals surface area contributed by atoms with E-state index in [0.29, 0.717) is 4.31 Å². The SMILES string of the molecule is C=C=C1COC(=O)N1S(=O)(=O)c1ccc(C)cc1. The molecule has 2 rings (SSSR count). The van der Waals surface area contributed by atoms with Crippen molar-refractivity contribution in [3.05, 3.63) is 47.8 Å². The molecule has 1 aromatic rings. The number of sulfonamides is 1. The van der Waals surface area contributed by atoms with Crippen LogP contribution in [0.3, 0.4) is 0 Å². The van der Waals surface area contributed by atoms with Gasteiger partial charge in [-0.2, -0.15) is 4.31 Å². The third-order valence-corrected chi connectivity index (χ3v) is 4.22. The molecule has 0 radical (unpaired) electrons.